The molecule has 0 fully saturated rings. The zero-order chi connectivity index (χ0) is 14.3. The van der Waals surface area contributed by atoms with Crippen LogP contribution in [0.5, 0.6) is 0 Å². The molecule has 4 heteroatoms. The molecule has 0 aliphatic heterocycles. The average Bonchev–Trinajstić information content (AvgIpc) is 2.43. The van der Waals surface area contributed by atoms with Gasteiger partial charge in [-0.05, 0) is 24.8 Å². The fourth-order valence-electron chi connectivity index (χ4n) is 2.34. The van der Waals surface area contributed by atoms with Crippen LogP contribution in [-0.4, -0.2) is 11.0 Å². The lowest BCUT2D eigenvalue weighted by Crippen LogP contribution is -2.32. The fourth-order valence-corrected chi connectivity index (χ4v) is 2.34. The molecule has 1 aromatic carbocycles. The highest BCUT2D eigenvalue weighted by Crippen LogP contribution is 2.23. The number of hydrogen-bond acceptors (Lipinski definition) is 3. The molecule has 0 bridgehead atoms. The van der Waals surface area contributed by atoms with Crippen molar-refractivity contribution < 1.29 is 4.92 Å². The van der Waals surface area contributed by atoms with Crippen molar-refractivity contribution in [2.75, 3.05) is 0 Å². The van der Waals surface area contributed by atoms with Crippen LogP contribution in [0.1, 0.15) is 58.1 Å². The van der Waals surface area contributed by atoms with Gasteiger partial charge in [-0.25, -0.2) is 0 Å². The third-order valence-electron chi connectivity index (χ3n) is 3.46. The Morgan fingerprint density at radius 3 is 2.53 bits per heavy atom. The van der Waals surface area contributed by atoms with Crippen LogP contribution in [0.25, 0.3) is 0 Å². The Hall–Kier alpha value is -1.42. The highest BCUT2D eigenvalue weighted by molar-refractivity contribution is 5.35. The van der Waals surface area contributed by atoms with Gasteiger partial charge in [-0.2, -0.15) is 0 Å². The second-order valence-corrected chi connectivity index (χ2v) is 4.87. The molecule has 0 saturated carbocycles. The normalized spacial score (nSPS) is 14.1. The van der Waals surface area contributed by atoms with Crippen molar-refractivity contribution in [1.29, 1.82) is 0 Å². The maximum atomic E-state index is 10.8. The largest absolute Gasteiger partial charge is 0.307 e. The Bertz CT molecular complexity index is 407. The van der Waals surface area contributed by atoms with Crippen molar-refractivity contribution in [3.63, 3.8) is 0 Å². The number of benzene rings is 1. The number of hydrogen-bond donors (Lipinski definition) is 1. The van der Waals surface area contributed by atoms with E-state index in [0.29, 0.717) is 6.04 Å². The molecule has 0 amide bonds. The molecule has 2 unspecified atom stereocenters. The Labute approximate surface area is 115 Å². The first-order valence-electron chi connectivity index (χ1n) is 7.12. The van der Waals surface area contributed by atoms with Crippen LogP contribution in [0.3, 0.4) is 0 Å². The van der Waals surface area contributed by atoms with Gasteiger partial charge in [0, 0.05) is 24.2 Å². The van der Waals surface area contributed by atoms with Crippen LogP contribution in [0.2, 0.25) is 0 Å². The summed E-state index contributed by atoms with van der Waals surface area (Å²) >= 11 is 0. The molecule has 0 saturated heterocycles. The zero-order valence-electron chi connectivity index (χ0n) is 12.1. The van der Waals surface area contributed by atoms with E-state index in [1.165, 1.54) is 0 Å². The van der Waals surface area contributed by atoms with Crippen LogP contribution >= 0.6 is 0 Å². The number of nitro groups is 1. The second-order valence-electron chi connectivity index (χ2n) is 4.87. The van der Waals surface area contributed by atoms with Gasteiger partial charge in [-0.3, -0.25) is 10.1 Å². The summed E-state index contributed by atoms with van der Waals surface area (Å²) in [5.74, 6) is 0. The van der Waals surface area contributed by atoms with Crippen molar-refractivity contribution >= 4 is 5.69 Å². The van der Waals surface area contributed by atoms with Crippen molar-refractivity contribution in [3.05, 3.63) is 39.9 Å². The van der Waals surface area contributed by atoms with Crippen LogP contribution in [0, 0.1) is 10.1 Å². The molecule has 2 atom stereocenters. The minimum absolute atomic E-state index is 0.168. The molecule has 0 spiro atoms. The molecule has 1 N–H and O–H groups in total. The summed E-state index contributed by atoms with van der Waals surface area (Å²) in [6.45, 7) is 6.46. The SMILES string of the molecule is CCCC(CC)NC(CC)c1cccc([N+](=O)[O-])c1. The minimum Gasteiger partial charge on any atom is -0.307 e. The Balaban J connectivity index is 2.84. The summed E-state index contributed by atoms with van der Waals surface area (Å²) in [4.78, 5) is 10.5. The molecule has 19 heavy (non-hydrogen) atoms. The van der Waals surface area contributed by atoms with E-state index < -0.39 is 0 Å². The molecule has 0 aromatic heterocycles. The average molecular weight is 264 g/mol. The number of rotatable bonds is 8. The Morgan fingerprint density at radius 1 is 1.26 bits per heavy atom. The maximum Gasteiger partial charge on any atom is 0.269 e. The van der Waals surface area contributed by atoms with E-state index in [1.54, 1.807) is 18.2 Å². The number of non-ortho nitro benzene ring substituents is 1. The predicted octanol–water partition coefficient (Wildman–Crippen LogP) is 4.21. The van der Waals surface area contributed by atoms with E-state index >= 15 is 0 Å². The quantitative estimate of drug-likeness (QED) is 0.565. The van der Waals surface area contributed by atoms with Gasteiger partial charge in [0.05, 0.1) is 4.92 Å². The van der Waals surface area contributed by atoms with Crippen LogP contribution < -0.4 is 5.32 Å². The first kappa shape index (κ1) is 15.6. The smallest absolute Gasteiger partial charge is 0.269 e. The standard InChI is InChI=1S/C15H24N2O2/c1-4-8-13(5-2)16-15(6-3)12-9-7-10-14(11-12)17(18)19/h7,9-11,13,15-16H,4-6,8H2,1-3H3. The van der Waals surface area contributed by atoms with E-state index in [9.17, 15) is 10.1 Å². The van der Waals surface area contributed by atoms with Gasteiger partial charge >= 0.3 is 0 Å². The van der Waals surface area contributed by atoms with Gasteiger partial charge in [0.2, 0.25) is 0 Å². The lowest BCUT2D eigenvalue weighted by Gasteiger charge is -2.24. The summed E-state index contributed by atoms with van der Waals surface area (Å²) < 4.78 is 0. The van der Waals surface area contributed by atoms with Crippen molar-refractivity contribution in [1.82, 2.24) is 5.32 Å². The fraction of sp³-hybridized carbons (Fsp3) is 0.600. The number of nitrogens with zero attached hydrogens (tertiary/aromatic N) is 1. The third-order valence-corrected chi connectivity index (χ3v) is 3.46. The minimum atomic E-state index is -0.334. The van der Waals surface area contributed by atoms with E-state index in [-0.39, 0.29) is 16.7 Å². The van der Waals surface area contributed by atoms with Crippen molar-refractivity contribution in [2.45, 2.75) is 58.5 Å². The second kappa shape index (κ2) is 7.89. The highest BCUT2D eigenvalue weighted by Gasteiger charge is 2.16. The number of nitrogens with one attached hydrogen (secondary N) is 1. The van der Waals surface area contributed by atoms with Crippen LogP contribution in [0.4, 0.5) is 5.69 Å². The summed E-state index contributed by atoms with van der Waals surface area (Å²) in [5.41, 5.74) is 1.17. The Kier molecular flexibility index (Phi) is 6.50. The van der Waals surface area contributed by atoms with Gasteiger partial charge in [0.1, 0.15) is 0 Å². The van der Waals surface area contributed by atoms with Gasteiger partial charge in [-0.1, -0.05) is 39.3 Å². The van der Waals surface area contributed by atoms with E-state index in [1.807, 2.05) is 6.07 Å². The molecule has 0 aliphatic rings. The highest BCUT2D eigenvalue weighted by atomic mass is 16.6. The van der Waals surface area contributed by atoms with E-state index in [2.05, 4.69) is 26.1 Å². The van der Waals surface area contributed by atoms with Gasteiger partial charge in [-0.15, -0.1) is 0 Å². The van der Waals surface area contributed by atoms with E-state index in [0.717, 1.165) is 31.2 Å². The van der Waals surface area contributed by atoms with Gasteiger partial charge in [0.25, 0.3) is 5.69 Å². The summed E-state index contributed by atoms with van der Waals surface area (Å²) in [5, 5.41) is 14.4. The van der Waals surface area contributed by atoms with Crippen LogP contribution in [-0.2, 0) is 0 Å². The molecule has 0 radical (unpaired) electrons. The molecule has 1 aromatic rings. The lowest BCUT2D eigenvalue weighted by atomic mass is 10.0. The first-order chi connectivity index (χ1) is 9.12. The van der Waals surface area contributed by atoms with Gasteiger partial charge in [0.15, 0.2) is 0 Å². The lowest BCUT2D eigenvalue weighted by molar-refractivity contribution is -0.384. The molecule has 1 rings (SSSR count). The Morgan fingerprint density at radius 2 is 2.00 bits per heavy atom. The van der Waals surface area contributed by atoms with Crippen molar-refractivity contribution in [2.24, 2.45) is 0 Å². The monoisotopic (exact) mass is 264 g/mol. The number of nitro benzene ring substituents is 1. The first-order valence-corrected chi connectivity index (χ1v) is 7.12. The van der Waals surface area contributed by atoms with Gasteiger partial charge < -0.3 is 5.32 Å². The molecule has 0 heterocycles. The molecular weight excluding hydrogens is 240 g/mol. The third kappa shape index (κ3) is 4.63. The molecular formula is C15H24N2O2. The summed E-state index contributed by atoms with van der Waals surface area (Å²) in [6, 6.07) is 7.62. The zero-order valence-corrected chi connectivity index (χ0v) is 12.1. The molecule has 4 nitrogen and oxygen atoms in total. The summed E-state index contributed by atoms with van der Waals surface area (Å²) in [6.07, 6.45) is 4.31. The molecule has 106 valence electrons. The molecule has 0 aliphatic carbocycles. The van der Waals surface area contributed by atoms with Crippen LogP contribution in [0.15, 0.2) is 24.3 Å². The van der Waals surface area contributed by atoms with Crippen molar-refractivity contribution in [3.8, 4) is 0 Å². The van der Waals surface area contributed by atoms with E-state index in [4.69, 9.17) is 0 Å². The summed E-state index contributed by atoms with van der Waals surface area (Å²) in [7, 11) is 0. The predicted molar refractivity (Wildman–Crippen MR) is 78.3 cm³/mol. The maximum absolute atomic E-state index is 10.8. The topological polar surface area (TPSA) is 55.2 Å².